The van der Waals surface area contributed by atoms with Gasteiger partial charge < -0.3 is 15.4 Å². The van der Waals surface area contributed by atoms with Gasteiger partial charge in [0.25, 0.3) is 11.8 Å². The van der Waals surface area contributed by atoms with Gasteiger partial charge >= 0.3 is 0 Å². The third-order valence-electron chi connectivity index (χ3n) is 5.46. The summed E-state index contributed by atoms with van der Waals surface area (Å²) in [7, 11) is 1.62. The van der Waals surface area contributed by atoms with Crippen molar-refractivity contribution in [2.75, 3.05) is 19.0 Å². The first kappa shape index (κ1) is 21.2. The molecule has 31 heavy (non-hydrogen) atoms. The molecule has 0 spiro atoms. The molecule has 2 aromatic carbocycles. The van der Waals surface area contributed by atoms with Crippen LogP contribution >= 0.6 is 11.8 Å². The van der Waals surface area contributed by atoms with Gasteiger partial charge in [-0.05, 0) is 74.1 Å². The summed E-state index contributed by atoms with van der Waals surface area (Å²) in [5.41, 5.74) is 3.59. The molecule has 0 radical (unpaired) electrons. The van der Waals surface area contributed by atoms with E-state index in [9.17, 15) is 9.59 Å². The minimum Gasteiger partial charge on any atom is -0.497 e. The van der Waals surface area contributed by atoms with E-state index in [-0.39, 0.29) is 11.8 Å². The van der Waals surface area contributed by atoms with Crippen molar-refractivity contribution < 1.29 is 14.3 Å². The molecule has 1 aliphatic carbocycles. The number of carbonyl (C=O) groups is 2. The maximum Gasteiger partial charge on any atom is 0.262 e. The molecule has 6 heteroatoms. The highest BCUT2D eigenvalue weighted by Gasteiger charge is 2.22. The molecule has 1 heterocycles. The van der Waals surface area contributed by atoms with Crippen molar-refractivity contribution in [2.45, 2.75) is 37.0 Å². The molecule has 2 aromatic rings. The zero-order chi connectivity index (χ0) is 21.6. The fraction of sp³-hybridized carbons (Fsp3) is 0.280. The maximum absolute atomic E-state index is 12.6. The van der Waals surface area contributed by atoms with E-state index in [1.807, 2.05) is 42.5 Å². The van der Waals surface area contributed by atoms with E-state index < -0.39 is 0 Å². The van der Waals surface area contributed by atoms with Gasteiger partial charge in [0.05, 0.1) is 17.7 Å². The van der Waals surface area contributed by atoms with Gasteiger partial charge in [-0.3, -0.25) is 9.59 Å². The molecular formula is C25H26N2O3S. The Morgan fingerprint density at radius 3 is 2.77 bits per heavy atom. The summed E-state index contributed by atoms with van der Waals surface area (Å²) in [6, 6.07) is 13.0. The minimum absolute atomic E-state index is 0.113. The summed E-state index contributed by atoms with van der Waals surface area (Å²) < 4.78 is 5.17. The van der Waals surface area contributed by atoms with Gasteiger partial charge in [0.15, 0.2) is 0 Å². The van der Waals surface area contributed by atoms with Crippen LogP contribution in [0.15, 0.2) is 63.9 Å². The number of rotatable bonds is 6. The van der Waals surface area contributed by atoms with Crippen molar-refractivity contribution in [1.29, 1.82) is 0 Å². The van der Waals surface area contributed by atoms with Gasteiger partial charge in [-0.15, -0.1) is 0 Å². The van der Waals surface area contributed by atoms with Crippen molar-refractivity contribution >= 4 is 35.3 Å². The first-order valence-electron chi connectivity index (χ1n) is 10.6. The Kier molecular flexibility index (Phi) is 6.77. The molecule has 5 nitrogen and oxygen atoms in total. The predicted molar refractivity (Wildman–Crippen MR) is 125 cm³/mol. The molecule has 1 aliphatic heterocycles. The lowest BCUT2D eigenvalue weighted by atomic mass is 9.97. The molecule has 0 saturated carbocycles. The predicted octanol–water partition coefficient (Wildman–Crippen LogP) is 5.40. The Morgan fingerprint density at radius 2 is 2.03 bits per heavy atom. The summed E-state index contributed by atoms with van der Waals surface area (Å²) in [4.78, 5) is 26.6. The third kappa shape index (κ3) is 5.39. The van der Waals surface area contributed by atoms with Gasteiger partial charge in [0.1, 0.15) is 5.75 Å². The number of ether oxygens (including phenoxy) is 1. The molecule has 2 N–H and O–H groups in total. The number of fused-ring (bicyclic) bond motifs is 1. The van der Waals surface area contributed by atoms with E-state index in [1.165, 1.54) is 30.2 Å². The SMILES string of the molecule is COc1ccc(/C=C2/Sc3ccc(C(=O)NCCC4=CCCCC4)cc3NC2=O)cc1. The summed E-state index contributed by atoms with van der Waals surface area (Å²) >= 11 is 1.41. The topological polar surface area (TPSA) is 67.4 Å². The number of hydrogen-bond acceptors (Lipinski definition) is 4. The Bertz CT molecular complexity index is 1040. The van der Waals surface area contributed by atoms with Crippen LogP contribution in [0.2, 0.25) is 0 Å². The summed E-state index contributed by atoms with van der Waals surface area (Å²) in [6.07, 6.45) is 9.87. The number of carbonyl (C=O) groups excluding carboxylic acids is 2. The Balaban J connectivity index is 1.40. The average Bonchev–Trinajstić information content (AvgIpc) is 2.80. The highest BCUT2D eigenvalue weighted by molar-refractivity contribution is 8.04. The van der Waals surface area contributed by atoms with E-state index in [4.69, 9.17) is 4.74 Å². The highest BCUT2D eigenvalue weighted by Crippen LogP contribution is 2.39. The van der Waals surface area contributed by atoms with Crippen molar-refractivity contribution in [3.05, 3.63) is 70.1 Å². The van der Waals surface area contributed by atoms with Crippen molar-refractivity contribution in [2.24, 2.45) is 0 Å². The number of hydrogen-bond donors (Lipinski definition) is 2. The fourth-order valence-corrected chi connectivity index (χ4v) is 4.66. The minimum atomic E-state index is -0.171. The third-order valence-corrected chi connectivity index (χ3v) is 6.56. The Labute approximate surface area is 187 Å². The van der Waals surface area contributed by atoms with Crippen LogP contribution in [0.25, 0.3) is 6.08 Å². The van der Waals surface area contributed by atoms with E-state index in [2.05, 4.69) is 16.7 Å². The molecule has 0 aromatic heterocycles. The zero-order valence-corrected chi connectivity index (χ0v) is 18.4. The highest BCUT2D eigenvalue weighted by atomic mass is 32.2. The number of methoxy groups -OCH3 is 1. The lowest BCUT2D eigenvalue weighted by Crippen LogP contribution is -2.25. The van der Waals surface area contributed by atoms with Gasteiger partial charge in [0.2, 0.25) is 0 Å². The number of thioether (sulfide) groups is 1. The first-order valence-corrected chi connectivity index (χ1v) is 11.4. The van der Waals surface area contributed by atoms with E-state index >= 15 is 0 Å². The molecule has 0 atom stereocenters. The normalized spacial score (nSPS) is 16.9. The standard InChI is InChI=1S/C25H26N2O3S/c1-30-20-10-7-18(8-11-20)15-23-25(29)27-21-16-19(9-12-22(21)31-23)24(28)26-14-13-17-5-3-2-4-6-17/h5,7-12,15-16H,2-4,6,13-14H2,1H3,(H,26,28)(H,27,29)/b23-15+. The maximum atomic E-state index is 12.6. The van der Waals surface area contributed by atoms with Gasteiger partial charge in [-0.25, -0.2) is 0 Å². The van der Waals surface area contributed by atoms with Gasteiger partial charge in [-0.1, -0.05) is 35.5 Å². The zero-order valence-electron chi connectivity index (χ0n) is 17.6. The van der Waals surface area contributed by atoms with Crippen LogP contribution in [0.3, 0.4) is 0 Å². The molecule has 4 rings (SSSR count). The van der Waals surface area contributed by atoms with Crippen molar-refractivity contribution in [3.8, 4) is 5.75 Å². The summed E-state index contributed by atoms with van der Waals surface area (Å²) in [6.45, 7) is 0.637. The Hall–Kier alpha value is -2.99. The van der Waals surface area contributed by atoms with Gasteiger partial charge in [-0.2, -0.15) is 0 Å². The monoisotopic (exact) mass is 434 g/mol. The summed E-state index contributed by atoms with van der Waals surface area (Å²) in [5.74, 6) is 0.489. The van der Waals surface area contributed by atoms with Crippen LogP contribution in [0.4, 0.5) is 5.69 Å². The second-order valence-corrected chi connectivity index (χ2v) is 8.75. The smallest absolute Gasteiger partial charge is 0.262 e. The number of allylic oxidation sites excluding steroid dienone is 1. The van der Waals surface area contributed by atoms with Crippen LogP contribution in [0.5, 0.6) is 5.75 Å². The Morgan fingerprint density at radius 1 is 1.19 bits per heavy atom. The molecule has 2 aliphatic rings. The molecule has 160 valence electrons. The summed E-state index contributed by atoms with van der Waals surface area (Å²) in [5, 5.41) is 5.91. The number of amides is 2. The van der Waals surface area contributed by atoms with E-state index in [0.717, 1.165) is 35.5 Å². The molecular weight excluding hydrogens is 408 g/mol. The molecule has 0 unspecified atom stereocenters. The second-order valence-electron chi connectivity index (χ2n) is 7.66. The van der Waals surface area contributed by atoms with Crippen LogP contribution in [0, 0.1) is 0 Å². The second kappa shape index (κ2) is 9.88. The quantitative estimate of drug-likeness (QED) is 0.472. The average molecular weight is 435 g/mol. The van der Waals surface area contributed by atoms with Crippen LogP contribution in [-0.2, 0) is 4.79 Å². The van der Waals surface area contributed by atoms with Crippen LogP contribution < -0.4 is 15.4 Å². The van der Waals surface area contributed by atoms with Crippen molar-refractivity contribution in [1.82, 2.24) is 5.32 Å². The van der Waals surface area contributed by atoms with Gasteiger partial charge in [0, 0.05) is 17.0 Å². The van der Waals surface area contributed by atoms with Crippen LogP contribution in [-0.4, -0.2) is 25.5 Å². The first-order chi connectivity index (χ1) is 15.1. The molecule has 2 amide bonds. The van der Waals surface area contributed by atoms with Crippen LogP contribution in [0.1, 0.15) is 48.0 Å². The molecule has 0 fully saturated rings. The lowest BCUT2D eigenvalue weighted by molar-refractivity contribution is -0.112. The number of nitrogens with one attached hydrogen (secondary N) is 2. The fourth-order valence-electron chi connectivity index (χ4n) is 3.72. The number of benzene rings is 2. The number of anilines is 1. The lowest BCUT2D eigenvalue weighted by Gasteiger charge is -2.19. The molecule has 0 saturated heterocycles. The largest absolute Gasteiger partial charge is 0.497 e. The van der Waals surface area contributed by atoms with E-state index in [0.29, 0.717) is 22.7 Å². The van der Waals surface area contributed by atoms with Crippen molar-refractivity contribution in [3.63, 3.8) is 0 Å². The van der Waals surface area contributed by atoms with E-state index in [1.54, 1.807) is 13.2 Å². The molecule has 0 bridgehead atoms.